The average molecular weight is 192 g/mol. The van der Waals surface area contributed by atoms with Crippen LogP contribution in [0.3, 0.4) is 0 Å². The van der Waals surface area contributed by atoms with Gasteiger partial charge in [-0.25, -0.2) is 0 Å². The van der Waals surface area contributed by atoms with E-state index in [1.807, 2.05) is 0 Å². The SMILES string of the molecule is CCC(CC)O[SiH2]C(S)CC. The van der Waals surface area contributed by atoms with E-state index in [1.165, 1.54) is 0 Å². The van der Waals surface area contributed by atoms with Crippen LogP contribution in [0.2, 0.25) is 0 Å². The van der Waals surface area contributed by atoms with Crippen LogP contribution in [0.25, 0.3) is 0 Å². The first-order chi connectivity index (χ1) is 5.24. The Kier molecular flexibility index (Phi) is 7.54. The maximum atomic E-state index is 5.76. The molecular weight excluding hydrogens is 172 g/mol. The van der Waals surface area contributed by atoms with E-state index >= 15 is 0 Å². The first kappa shape index (κ1) is 11.5. The van der Waals surface area contributed by atoms with Crippen LogP contribution in [-0.2, 0) is 4.43 Å². The van der Waals surface area contributed by atoms with Crippen molar-refractivity contribution < 1.29 is 4.43 Å². The summed E-state index contributed by atoms with van der Waals surface area (Å²) < 4.78 is 5.76. The summed E-state index contributed by atoms with van der Waals surface area (Å²) in [4.78, 5) is 0.551. The van der Waals surface area contributed by atoms with E-state index in [-0.39, 0.29) is 9.76 Å². The summed E-state index contributed by atoms with van der Waals surface area (Å²) in [5, 5.41) is 0. The van der Waals surface area contributed by atoms with Crippen LogP contribution in [0.15, 0.2) is 0 Å². The topological polar surface area (TPSA) is 9.23 Å². The normalized spacial score (nSPS) is 15.0. The van der Waals surface area contributed by atoms with Crippen LogP contribution < -0.4 is 0 Å². The van der Waals surface area contributed by atoms with Gasteiger partial charge in [0.05, 0.1) is 0 Å². The van der Waals surface area contributed by atoms with Gasteiger partial charge in [-0.05, 0) is 19.3 Å². The van der Waals surface area contributed by atoms with E-state index in [0.29, 0.717) is 11.0 Å². The van der Waals surface area contributed by atoms with Crippen LogP contribution in [0.4, 0.5) is 0 Å². The molecule has 0 aliphatic heterocycles. The van der Waals surface area contributed by atoms with Gasteiger partial charge in [0, 0.05) is 11.0 Å². The largest absolute Gasteiger partial charge is 0.420 e. The molecule has 0 rings (SSSR count). The molecule has 0 aliphatic rings. The highest BCUT2D eigenvalue weighted by molar-refractivity contribution is 7.82. The van der Waals surface area contributed by atoms with Gasteiger partial charge in [0.2, 0.25) is 0 Å². The minimum absolute atomic E-state index is 0.370. The molecule has 1 nitrogen and oxygen atoms in total. The van der Waals surface area contributed by atoms with Crippen LogP contribution in [0, 0.1) is 0 Å². The molecule has 3 heteroatoms. The lowest BCUT2D eigenvalue weighted by Gasteiger charge is -2.16. The third-order valence-electron chi connectivity index (χ3n) is 1.91. The Morgan fingerprint density at radius 1 is 1.18 bits per heavy atom. The molecule has 0 aromatic heterocycles. The number of rotatable bonds is 6. The van der Waals surface area contributed by atoms with E-state index < -0.39 is 0 Å². The Morgan fingerprint density at radius 3 is 2.09 bits per heavy atom. The van der Waals surface area contributed by atoms with Gasteiger partial charge >= 0.3 is 0 Å². The second kappa shape index (κ2) is 7.19. The Labute approximate surface area is 78.3 Å². The Morgan fingerprint density at radius 2 is 1.73 bits per heavy atom. The molecule has 0 spiro atoms. The van der Waals surface area contributed by atoms with E-state index in [1.54, 1.807) is 0 Å². The van der Waals surface area contributed by atoms with Gasteiger partial charge in [-0.15, -0.1) is 0 Å². The number of hydrogen-bond donors (Lipinski definition) is 1. The van der Waals surface area contributed by atoms with Crippen molar-refractivity contribution in [3.63, 3.8) is 0 Å². The van der Waals surface area contributed by atoms with Crippen molar-refractivity contribution in [3.8, 4) is 0 Å². The van der Waals surface area contributed by atoms with Gasteiger partial charge in [0.1, 0.15) is 0 Å². The summed E-state index contributed by atoms with van der Waals surface area (Å²) in [7, 11) is -0.370. The maximum absolute atomic E-state index is 5.76. The van der Waals surface area contributed by atoms with E-state index in [2.05, 4.69) is 33.4 Å². The van der Waals surface area contributed by atoms with Gasteiger partial charge < -0.3 is 4.43 Å². The van der Waals surface area contributed by atoms with Crippen LogP contribution in [0.5, 0.6) is 0 Å². The molecule has 0 saturated heterocycles. The molecule has 0 saturated carbocycles. The molecule has 0 aromatic carbocycles. The lowest BCUT2D eigenvalue weighted by atomic mass is 10.2. The Hall–Kier alpha value is 0.527. The molecule has 1 atom stereocenters. The second-order valence-corrected chi connectivity index (χ2v) is 5.90. The van der Waals surface area contributed by atoms with E-state index in [9.17, 15) is 0 Å². The number of thiol groups is 1. The van der Waals surface area contributed by atoms with Gasteiger partial charge in [0.25, 0.3) is 0 Å². The van der Waals surface area contributed by atoms with Crippen molar-refractivity contribution in [2.75, 3.05) is 0 Å². The molecule has 11 heavy (non-hydrogen) atoms. The summed E-state index contributed by atoms with van der Waals surface area (Å²) >= 11 is 4.42. The molecule has 0 N–H and O–H groups in total. The second-order valence-electron chi connectivity index (χ2n) is 2.83. The van der Waals surface area contributed by atoms with Gasteiger partial charge in [-0.2, -0.15) is 12.6 Å². The summed E-state index contributed by atoms with van der Waals surface area (Å²) in [5.74, 6) is 0. The van der Waals surface area contributed by atoms with Crippen molar-refractivity contribution >= 4 is 22.4 Å². The molecule has 0 aromatic rings. The highest BCUT2D eigenvalue weighted by atomic mass is 32.1. The molecule has 0 amide bonds. The smallest absolute Gasteiger partial charge is 0.174 e. The molecule has 1 unspecified atom stereocenters. The molecule has 0 radical (unpaired) electrons. The predicted octanol–water partition coefficient (Wildman–Crippen LogP) is 1.94. The summed E-state index contributed by atoms with van der Waals surface area (Å²) in [6.07, 6.45) is 3.94. The van der Waals surface area contributed by atoms with Crippen LogP contribution in [0.1, 0.15) is 40.0 Å². The zero-order valence-electron chi connectivity index (χ0n) is 7.84. The standard InChI is InChI=1S/C8H20OSSi/c1-4-7(5-2)9-11-8(10)6-3/h7-8,10H,4-6,11H2,1-3H3. The van der Waals surface area contributed by atoms with Crippen molar-refractivity contribution in [1.29, 1.82) is 0 Å². The Bertz CT molecular complexity index is 86.2. The molecular formula is C8H20OSSi. The fourth-order valence-electron chi connectivity index (χ4n) is 0.889. The monoisotopic (exact) mass is 192 g/mol. The number of hydrogen-bond acceptors (Lipinski definition) is 2. The van der Waals surface area contributed by atoms with Gasteiger partial charge in [0.15, 0.2) is 9.76 Å². The van der Waals surface area contributed by atoms with E-state index in [4.69, 9.17) is 4.43 Å². The minimum atomic E-state index is -0.370. The first-order valence-electron chi connectivity index (χ1n) is 4.54. The lowest BCUT2D eigenvalue weighted by Crippen LogP contribution is -2.20. The summed E-state index contributed by atoms with van der Waals surface area (Å²) in [5.41, 5.74) is 0. The highest BCUT2D eigenvalue weighted by Gasteiger charge is 2.06. The van der Waals surface area contributed by atoms with Gasteiger partial charge in [-0.3, -0.25) is 0 Å². The van der Waals surface area contributed by atoms with Crippen molar-refractivity contribution in [2.24, 2.45) is 0 Å². The molecule has 68 valence electrons. The average Bonchev–Trinajstić information content (AvgIpc) is 2.06. The molecule has 0 aliphatic carbocycles. The fourth-order valence-corrected chi connectivity index (χ4v) is 2.35. The zero-order chi connectivity index (χ0) is 8.69. The predicted molar refractivity (Wildman–Crippen MR) is 57.1 cm³/mol. The molecule has 0 heterocycles. The van der Waals surface area contributed by atoms with Crippen LogP contribution >= 0.6 is 12.6 Å². The summed E-state index contributed by atoms with van der Waals surface area (Å²) in [6.45, 7) is 6.53. The third kappa shape index (κ3) is 5.76. The van der Waals surface area contributed by atoms with Crippen LogP contribution in [-0.4, -0.2) is 20.7 Å². The fraction of sp³-hybridized carbons (Fsp3) is 1.00. The summed E-state index contributed by atoms with van der Waals surface area (Å²) in [6, 6.07) is 0. The molecule has 0 bridgehead atoms. The van der Waals surface area contributed by atoms with E-state index in [0.717, 1.165) is 19.3 Å². The van der Waals surface area contributed by atoms with Crippen molar-refractivity contribution in [2.45, 2.75) is 51.0 Å². The first-order valence-corrected chi connectivity index (χ1v) is 6.45. The molecule has 0 fully saturated rings. The highest BCUT2D eigenvalue weighted by Crippen LogP contribution is 2.05. The Balaban J connectivity index is 3.34. The quantitative estimate of drug-likeness (QED) is 0.500. The van der Waals surface area contributed by atoms with Gasteiger partial charge in [-0.1, -0.05) is 20.8 Å². The van der Waals surface area contributed by atoms with Crippen molar-refractivity contribution in [3.05, 3.63) is 0 Å². The lowest BCUT2D eigenvalue weighted by molar-refractivity contribution is 0.201. The third-order valence-corrected chi connectivity index (χ3v) is 4.34. The minimum Gasteiger partial charge on any atom is -0.420 e. The van der Waals surface area contributed by atoms with Crippen molar-refractivity contribution in [1.82, 2.24) is 0 Å². The zero-order valence-corrected chi connectivity index (χ0v) is 10.1. The maximum Gasteiger partial charge on any atom is 0.174 e.